The van der Waals surface area contributed by atoms with E-state index in [0.717, 1.165) is 26.7 Å². The lowest BCUT2D eigenvalue weighted by Gasteiger charge is -2.05. The van der Waals surface area contributed by atoms with E-state index in [1.54, 1.807) is 18.3 Å². The van der Waals surface area contributed by atoms with Gasteiger partial charge in [0.25, 0.3) is 5.56 Å². The van der Waals surface area contributed by atoms with E-state index in [1.165, 1.54) is 16.0 Å². The Morgan fingerprint density at radius 2 is 1.92 bits per heavy atom. The molecule has 2 aromatic heterocycles. The smallest absolute Gasteiger partial charge is 0.275 e. The Kier molecular flexibility index (Phi) is 4.00. The first kappa shape index (κ1) is 16.4. The van der Waals surface area contributed by atoms with Crippen molar-refractivity contribution in [2.24, 2.45) is 0 Å². The van der Waals surface area contributed by atoms with Crippen molar-refractivity contribution < 1.29 is 4.79 Å². The molecule has 0 aliphatic heterocycles. The molecular formula is C19H16N4O2S. The second-order valence-corrected chi connectivity index (χ2v) is 7.14. The van der Waals surface area contributed by atoms with Crippen molar-refractivity contribution in [3.05, 3.63) is 64.1 Å². The second kappa shape index (κ2) is 6.34. The molecule has 4 aromatic rings. The molecule has 2 heterocycles. The summed E-state index contributed by atoms with van der Waals surface area (Å²) in [6, 6.07) is 11.2. The first-order chi connectivity index (χ1) is 12.5. The van der Waals surface area contributed by atoms with E-state index in [-0.39, 0.29) is 18.0 Å². The molecule has 130 valence electrons. The molecule has 26 heavy (non-hydrogen) atoms. The molecule has 0 unspecified atom stereocenters. The van der Waals surface area contributed by atoms with Crippen LogP contribution in [-0.4, -0.2) is 20.7 Å². The Morgan fingerprint density at radius 1 is 1.15 bits per heavy atom. The quantitative estimate of drug-likeness (QED) is 0.605. The molecule has 0 saturated carbocycles. The summed E-state index contributed by atoms with van der Waals surface area (Å²) in [5, 5.41) is 8.69. The van der Waals surface area contributed by atoms with Gasteiger partial charge in [-0.2, -0.15) is 5.10 Å². The molecule has 0 atom stereocenters. The van der Waals surface area contributed by atoms with Gasteiger partial charge in [-0.1, -0.05) is 41.7 Å². The van der Waals surface area contributed by atoms with Crippen LogP contribution in [0.4, 0.5) is 5.13 Å². The fraction of sp³-hybridized carbons (Fsp3) is 0.158. The van der Waals surface area contributed by atoms with Crippen LogP contribution in [0.25, 0.3) is 21.0 Å². The highest BCUT2D eigenvalue weighted by atomic mass is 32.1. The van der Waals surface area contributed by atoms with Crippen LogP contribution in [0.2, 0.25) is 0 Å². The van der Waals surface area contributed by atoms with Gasteiger partial charge >= 0.3 is 0 Å². The van der Waals surface area contributed by atoms with Crippen LogP contribution in [0.3, 0.4) is 0 Å². The highest BCUT2D eigenvalue weighted by Crippen LogP contribution is 2.30. The van der Waals surface area contributed by atoms with Gasteiger partial charge in [-0.05, 0) is 31.0 Å². The lowest BCUT2D eigenvalue weighted by atomic mass is 10.1. The number of aryl methyl sites for hydroxylation is 2. The number of anilines is 1. The molecule has 0 fully saturated rings. The predicted molar refractivity (Wildman–Crippen MR) is 104 cm³/mol. The summed E-state index contributed by atoms with van der Waals surface area (Å²) in [6.45, 7) is 3.85. The summed E-state index contributed by atoms with van der Waals surface area (Å²) in [4.78, 5) is 29.3. The fourth-order valence-corrected chi connectivity index (χ4v) is 3.88. The maximum absolute atomic E-state index is 12.5. The van der Waals surface area contributed by atoms with E-state index in [1.807, 2.05) is 38.1 Å². The Bertz CT molecular complexity index is 1170. The SMILES string of the molecule is Cc1ccc(C)c2sc(NC(=O)Cn3ncc4ccccc4c3=O)nc12. The average Bonchev–Trinajstić information content (AvgIpc) is 3.06. The van der Waals surface area contributed by atoms with Crippen molar-refractivity contribution >= 4 is 43.4 Å². The summed E-state index contributed by atoms with van der Waals surface area (Å²) in [6.07, 6.45) is 1.59. The van der Waals surface area contributed by atoms with Crippen LogP contribution in [0, 0.1) is 13.8 Å². The number of carbonyl (C=O) groups is 1. The number of benzene rings is 2. The van der Waals surface area contributed by atoms with Crippen LogP contribution >= 0.6 is 11.3 Å². The zero-order valence-corrected chi connectivity index (χ0v) is 15.1. The van der Waals surface area contributed by atoms with Gasteiger partial charge in [0.2, 0.25) is 5.91 Å². The van der Waals surface area contributed by atoms with Crippen molar-refractivity contribution in [1.29, 1.82) is 0 Å². The number of aromatic nitrogens is 3. The minimum atomic E-state index is -0.329. The Balaban J connectivity index is 1.60. The van der Waals surface area contributed by atoms with Crippen LogP contribution in [-0.2, 0) is 11.3 Å². The molecule has 0 aliphatic carbocycles. The Hall–Kier alpha value is -3.06. The highest BCUT2D eigenvalue weighted by Gasteiger charge is 2.13. The fourth-order valence-electron chi connectivity index (χ4n) is 2.85. The maximum Gasteiger partial charge on any atom is 0.275 e. The number of carbonyl (C=O) groups excluding carboxylic acids is 1. The number of thiazole rings is 1. The van der Waals surface area contributed by atoms with E-state index < -0.39 is 0 Å². The molecule has 0 spiro atoms. The average molecular weight is 364 g/mol. The van der Waals surface area contributed by atoms with Crippen molar-refractivity contribution in [2.45, 2.75) is 20.4 Å². The van der Waals surface area contributed by atoms with Crippen molar-refractivity contribution in [3.8, 4) is 0 Å². The summed E-state index contributed by atoms with van der Waals surface area (Å²) in [5.41, 5.74) is 2.80. The summed E-state index contributed by atoms with van der Waals surface area (Å²) in [7, 11) is 0. The Morgan fingerprint density at radius 3 is 2.73 bits per heavy atom. The monoisotopic (exact) mass is 364 g/mol. The molecule has 4 rings (SSSR count). The molecular weight excluding hydrogens is 348 g/mol. The van der Waals surface area contributed by atoms with Gasteiger partial charge in [0.05, 0.1) is 21.8 Å². The molecule has 0 saturated heterocycles. The number of nitrogens with one attached hydrogen (secondary N) is 1. The minimum Gasteiger partial charge on any atom is -0.300 e. The van der Waals surface area contributed by atoms with Crippen LogP contribution in [0.5, 0.6) is 0 Å². The molecule has 2 aromatic carbocycles. The van der Waals surface area contributed by atoms with Gasteiger partial charge in [0.15, 0.2) is 5.13 Å². The number of hydrogen-bond acceptors (Lipinski definition) is 5. The minimum absolute atomic E-state index is 0.155. The lowest BCUT2D eigenvalue weighted by molar-refractivity contribution is -0.117. The third-order valence-corrected chi connectivity index (χ3v) is 5.35. The van der Waals surface area contributed by atoms with Gasteiger partial charge in [-0.3, -0.25) is 9.59 Å². The van der Waals surface area contributed by atoms with Crippen LogP contribution in [0.15, 0.2) is 47.4 Å². The molecule has 1 amide bonds. The van der Waals surface area contributed by atoms with Crippen molar-refractivity contribution in [3.63, 3.8) is 0 Å². The van der Waals surface area contributed by atoms with E-state index in [2.05, 4.69) is 15.4 Å². The zero-order valence-electron chi connectivity index (χ0n) is 14.3. The van der Waals surface area contributed by atoms with Crippen LogP contribution in [0.1, 0.15) is 11.1 Å². The molecule has 1 N–H and O–H groups in total. The molecule has 0 radical (unpaired) electrons. The first-order valence-corrected chi connectivity index (χ1v) is 8.96. The molecule has 0 bridgehead atoms. The topological polar surface area (TPSA) is 76.9 Å². The van der Waals surface area contributed by atoms with Crippen molar-refractivity contribution in [1.82, 2.24) is 14.8 Å². The van der Waals surface area contributed by atoms with E-state index >= 15 is 0 Å². The van der Waals surface area contributed by atoms with E-state index in [0.29, 0.717) is 10.5 Å². The number of rotatable bonds is 3. The van der Waals surface area contributed by atoms with Crippen molar-refractivity contribution in [2.75, 3.05) is 5.32 Å². The first-order valence-electron chi connectivity index (χ1n) is 8.14. The summed E-state index contributed by atoms with van der Waals surface area (Å²) in [5.74, 6) is -0.329. The predicted octanol–water partition coefficient (Wildman–Crippen LogP) is 3.26. The molecule has 0 aliphatic rings. The van der Waals surface area contributed by atoms with Gasteiger partial charge in [0.1, 0.15) is 6.54 Å². The maximum atomic E-state index is 12.5. The number of amides is 1. The molecule has 7 heteroatoms. The summed E-state index contributed by atoms with van der Waals surface area (Å²) >= 11 is 1.43. The largest absolute Gasteiger partial charge is 0.300 e. The van der Waals surface area contributed by atoms with E-state index in [4.69, 9.17) is 0 Å². The lowest BCUT2D eigenvalue weighted by Crippen LogP contribution is -2.29. The van der Waals surface area contributed by atoms with Gasteiger partial charge in [0, 0.05) is 5.39 Å². The highest BCUT2D eigenvalue weighted by molar-refractivity contribution is 7.22. The third-order valence-electron chi connectivity index (χ3n) is 4.24. The molecule has 6 nitrogen and oxygen atoms in total. The number of hydrogen-bond donors (Lipinski definition) is 1. The third kappa shape index (κ3) is 2.86. The zero-order chi connectivity index (χ0) is 18.3. The van der Waals surface area contributed by atoms with Gasteiger partial charge < -0.3 is 5.32 Å². The normalized spacial score (nSPS) is 11.2. The second-order valence-electron chi connectivity index (χ2n) is 6.14. The summed E-state index contributed by atoms with van der Waals surface area (Å²) < 4.78 is 2.22. The Labute approximate surface area is 153 Å². The van der Waals surface area contributed by atoms with Crippen LogP contribution < -0.4 is 10.9 Å². The van der Waals surface area contributed by atoms with Gasteiger partial charge in [-0.25, -0.2) is 9.67 Å². The van der Waals surface area contributed by atoms with Gasteiger partial charge in [-0.15, -0.1) is 0 Å². The standard InChI is InChI=1S/C19H16N4O2S/c1-11-7-8-12(2)17-16(11)22-19(26-17)21-15(24)10-23-18(25)14-6-4-3-5-13(14)9-20-23/h3-9H,10H2,1-2H3,(H,21,22,24). The number of nitrogens with zero attached hydrogens (tertiary/aromatic N) is 3. The number of fused-ring (bicyclic) bond motifs is 2. The van der Waals surface area contributed by atoms with E-state index in [9.17, 15) is 9.59 Å².